The number of rotatable bonds is 6. The van der Waals surface area contributed by atoms with Crippen LogP contribution in [-0.2, 0) is 9.47 Å². The molecule has 2 fully saturated rings. The van der Waals surface area contributed by atoms with E-state index in [-0.39, 0.29) is 24.2 Å². The second-order valence-electron chi connectivity index (χ2n) is 3.58. The van der Waals surface area contributed by atoms with Crippen molar-refractivity contribution in [3.8, 4) is 12.0 Å². The number of aromatic nitrogens is 3. The van der Waals surface area contributed by atoms with Crippen LogP contribution in [0.25, 0.3) is 0 Å². The molecule has 0 N–H and O–H groups in total. The lowest BCUT2D eigenvalue weighted by Crippen LogP contribution is -2.10. The van der Waals surface area contributed by atoms with Gasteiger partial charge in [0.15, 0.2) is 0 Å². The van der Waals surface area contributed by atoms with Crippen LogP contribution in [0.4, 0.5) is 0 Å². The molecule has 3 heterocycles. The van der Waals surface area contributed by atoms with Gasteiger partial charge in [0.1, 0.15) is 31.7 Å². The third kappa shape index (κ3) is 2.77. The predicted octanol–water partition coefficient (Wildman–Crippen LogP) is -0.573. The number of epoxide rings is 2. The molecule has 0 bridgehead atoms. The van der Waals surface area contributed by atoms with Crippen molar-refractivity contribution in [2.75, 3.05) is 26.4 Å². The van der Waals surface area contributed by atoms with E-state index in [1.54, 1.807) is 0 Å². The highest BCUT2D eigenvalue weighted by atomic mass is 16.6. The zero-order chi connectivity index (χ0) is 10.8. The molecule has 16 heavy (non-hydrogen) atoms. The van der Waals surface area contributed by atoms with E-state index in [0.717, 1.165) is 13.2 Å². The van der Waals surface area contributed by atoms with Gasteiger partial charge in [-0.25, -0.2) is 0 Å². The van der Waals surface area contributed by atoms with Gasteiger partial charge in [-0.05, 0) is 0 Å². The van der Waals surface area contributed by atoms with Crippen molar-refractivity contribution in [3.05, 3.63) is 6.33 Å². The minimum absolute atomic E-state index is 0.181. The fraction of sp³-hybridized carbons (Fsp3) is 0.667. The minimum Gasteiger partial charge on any atom is -0.460 e. The standard InChI is InChI=1S/C9H11N3O4/c1-6(13-1)3-15-8-10-5-11-9(12-8)16-4-7-2-14-7/h5-7H,1-4H2. The van der Waals surface area contributed by atoms with Gasteiger partial charge in [0, 0.05) is 0 Å². The van der Waals surface area contributed by atoms with Crippen LogP contribution in [0, 0.1) is 0 Å². The molecule has 2 aliphatic rings. The van der Waals surface area contributed by atoms with Gasteiger partial charge in [-0.3, -0.25) is 0 Å². The fourth-order valence-corrected chi connectivity index (χ4v) is 1.07. The number of nitrogens with zero attached hydrogens (tertiary/aromatic N) is 3. The molecule has 0 amide bonds. The Labute approximate surface area is 91.7 Å². The number of ether oxygens (including phenoxy) is 4. The van der Waals surface area contributed by atoms with Gasteiger partial charge in [-0.15, -0.1) is 4.98 Å². The van der Waals surface area contributed by atoms with Crippen LogP contribution in [0.5, 0.6) is 12.0 Å². The van der Waals surface area contributed by atoms with Gasteiger partial charge >= 0.3 is 12.0 Å². The molecule has 1 aromatic rings. The Bertz CT molecular complexity index is 336. The SMILES string of the molecule is c1nc(OCC2CO2)nc(OCC2CO2)n1. The summed E-state index contributed by atoms with van der Waals surface area (Å²) in [5.74, 6) is 0. The van der Waals surface area contributed by atoms with E-state index in [1.165, 1.54) is 6.33 Å². The normalized spacial score (nSPS) is 26.2. The Morgan fingerprint density at radius 1 is 1.06 bits per heavy atom. The van der Waals surface area contributed by atoms with Crippen LogP contribution in [0.2, 0.25) is 0 Å². The van der Waals surface area contributed by atoms with Crippen molar-refractivity contribution in [3.63, 3.8) is 0 Å². The van der Waals surface area contributed by atoms with Crippen LogP contribution in [0.15, 0.2) is 6.33 Å². The van der Waals surface area contributed by atoms with Crippen molar-refractivity contribution >= 4 is 0 Å². The molecule has 7 heteroatoms. The average Bonchev–Trinajstić information content (AvgIpc) is 3.17. The van der Waals surface area contributed by atoms with Crippen LogP contribution >= 0.6 is 0 Å². The van der Waals surface area contributed by atoms with Crippen LogP contribution in [0.1, 0.15) is 0 Å². The molecule has 7 nitrogen and oxygen atoms in total. The van der Waals surface area contributed by atoms with Gasteiger partial charge in [0.2, 0.25) is 0 Å². The molecule has 0 saturated carbocycles. The quantitative estimate of drug-likeness (QED) is 0.599. The van der Waals surface area contributed by atoms with Crippen molar-refractivity contribution in [1.29, 1.82) is 0 Å². The average molecular weight is 225 g/mol. The zero-order valence-electron chi connectivity index (χ0n) is 8.54. The van der Waals surface area contributed by atoms with Gasteiger partial charge in [-0.1, -0.05) is 0 Å². The summed E-state index contributed by atoms with van der Waals surface area (Å²) >= 11 is 0. The number of hydrogen-bond donors (Lipinski definition) is 0. The Kier molecular flexibility index (Phi) is 2.55. The maximum absolute atomic E-state index is 5.29. The molecule has 3 rings (SSSR count). The van der Waals surface area contributed by atoms with Gasteiger partial charge in [0.05, 0.1) is 13.2 Å². The van der Waals surface area contributed by atoms with Gasteiger partial charge < -0.3 is 18.9 Å². The molecule has 2 atom stereocenters. The monoisotopic (exact) mass is 225 g/mol. The Hall–Kier alpha value is -1.47. The Morgan fingerprint density at radius 2 is 1.56 bits per heavy atom. The van der Waals surface area contributed by atoms with E-state index in [9.17, 15) is 0 Å². The van der Waals surface area contributed by atoms with E-state index < -0.39 is 0 Å². The van der Waals surface area contributed by atoms with E-state index in [1.807, 2.05) is 0 Å². The summed E-state index contributed by atoms with van der Waals surface area (Å²) in [4.78, 5) is 11.7. The van der Waals surface area contributed by atoms with E-state index in [0.29, 0.717) is 13.2 Å². The van der Waals surface area contributed by atoms with Crippen molar-refractivity contribution in [1.82, 2.24) is 15.0 Å². The summed E-state index contributed by atoms with van der Waals surface area (Å²) < 4.78 is 20.6. The first-order chi connectivity index (χ1) is 7.90. The molecule has 2 unspecified atom stereocenters. The highest BCUT2D eigenvalue weighted by Crippen LogP contribution is 2.14. The van der Waals surface area contributed by atoms with E-state index in [4.69, 9.17) is 18.9 Å². The summed E-state index contributed by atoms with van der Waals surface area (Å²) in [5.41, 5.74) is 0. The molecule has 2 aliphatic heterocycles. The number of hydrogen-bond acceptors (Lipinski definition) is 7. The first-order valence-corrected chi connectivity index (χ1v) is 5.08. The lowest BCUT2D eigenvalue weighted by atomic mass is 10.5. The molecular formula is C9H11N3O4. The Morgan fingerprint density at radius 3 is 2.00 bits per heavy atom. The molecule has 0 spiro atoms. The first-order valence-electron chi connectivity index (χ1n) is 5.08. The Balaban J connectivity index is 1.52. The topological polar surface area (TPSA) is 82.2 Å². The summed E-state index contributed by atoms with van der Waals surface area (Å²) in [5, 5.41) is 0. The molecule has 0 aliphatic carbocycles. The second-order valence-corrected chi connectivity index (χ2v) is 3.58. The molecule has 0 radical (unpaired) electrons. The van der Waals surface area contributed by atoms with Crippen molar-refractivity contribution < 1.29 is 18.9 Å². The summed E-state index contributed by atoms with van der Waals surface area (Å²) in [6.45, 7) is 2.42. The van der Waals surface area contributed by atoms with Gasteiger partial charge in [0.25, 0.3) is 0 Å². The smallest absolute Gasteiger partial charge is 0.322 e. The highest BCUT2D eigenvalue weighted by molar-refractivity contribution is 5.00. The lowest BCUT2D eigenvalue weighted by Gasteiger charge is -2.04. The third-order valence-electron chi connectivity index (χ3n) is 2.13. The summed E-state index contributed by atoms with van der Waals surface area (Å²) in [6.07, 6.45) is 1.72. The van der Waals surface area contributed by atoms with Crippen molar-refractivity contribution in [2.45, 2.75) is 12.2 Å². The van der Waals surface area contributed by atoms with Crippen LogP contribution < -0.4 is 9.47 Å². The largest absolute Gasteiger partial charge is 0.460 e. The van der Waals surface area contributed by atoms with Crippen LogP contribution in [-0.4, -0.2) is 53.6 Å². The van der Waals surface area contributed by atoms with Crippen LogP contribution in [0.3, 0.4) is 0 Å². The van der Waals surface area contributed by atoms with Gasteiger partial charge in [-0.2, -0.15) is 9.97 Å². The van der Waals surface area contributed by atoms with E-state index in [2.05, 4.69) is 15.0 Å². The van der Waals surface area contributed by atoms with Crippen molar-refractivity contribution in [2.24, 2.45) is 0 Å². The first kappa shape index (κ1) is 9.73. The third-order valence-corrected chi connectivity index (χ3v) is 2.13. The molecule has 0 aromatic carbocycles. The summed E-state index contributed by atoms with van der Waals surface area (Å²) in [6, 6.07) is 0.523. The molecule has 86 valence electrons. The maximum atomic E-state index is 5.29. The maximum Gasteiger partial charge on any atom is 0.322 e. The lowest BCUT2D eigenvalue weighted by molar-refractivity contribution is 0.224. The highest BCUT2D eigenvalue weighted by Gasteiger charge is 2.25. The fourth-order valence-electron chi connectivity index (χ4n) is 1.07. The summed E-state index contributed by atoms with van der Waals surface area (Å²) in [7, 11) is 0. The van der Waals surface area contributed by atoms with E-state index >= 15 is 0 Å². The molecule has 1 aromatic heterocycles. The zero-order valence-corrected chi connectivity index (χ0v) is 8.54. The molecule has 2 saturated heterocycles. The minimum atomic E-state index is 0.181. The predicted molar refractivity (Wildman–Crippen MR) is 50.3 cm³/mol. The second kappa shape index (κ2) is 4.18. The molecular weight excluding hydrogens is 214 g/mol.